The maximum Gasteiger partial charge on any atom is 0.250 e. The Labute approximate surface area is 185 Å². The number of aryl methyl sites for hydroxylation is 3. The SMILES string of the molecule is CON1CCC(C(=O)Nc2ccccc2)(N(C)C(=O)Cc2c(C)cc(C)cc2C)CC1. The Morgan fingerprint density at radius 2 is 1.65 bits per heavy atom. The zero-order valence-electron chi connectivity index (χ0n) is 19.2. The topological polar surface area (TPSA) is 61.9 Å². The molecule has 3 rings (SSSR count). The predicted octanol–water partition coefficient (Wildman–Crippen LogP) is 3.65. The van der Waals surface area contributed by atoms with Crippen molar-refractivity contribution in [3.05, 3.63) is 64.7 Å². The minimum atomic E-state index is -0.922. The molecule has 0 bridgehead atoms. The molecule has 2 aromatic carbocycles. The van der Waals surface area contributed by atoms with Crippen molar-refractivity contribution >= 4 is 17.5 Å². The number of carbonyl (C=O) groups is 2. The number of hydroxylamine groups is 2. The fraction of sp³-hybridized carbons (Fsp3) is 0.440. The summed E-state index contributed by atoms with van der Waals surface area (Å²) in [5.41, 5.74) is 4.24. The van der Waals surface area contributed by atoms with Crippen molar-refractivity contribution in [1.82, 2.24) is 9.96 Å². The molecule has 0 aromatic heterocycles. The zero-order chi connectivity index (χ0) is 22.6. The molecule has 0 aliphatic carbocycles. The van der Waals surface area contributed by atoms with Crippen molar-refractivity contribution in [3.63, 3.8) is 0 Å². The van der Waals surface area contributed by atoms with Crippen LogP contribution in [-0.4, -0.2) is 54.6 Å². The molecule has 1 saturated heterocycles. The molecule has 1 heterocycles. The summed E-state index contributed by atoms with van der Waals surface area (Å²) in [6, 6.07) is 13.6. The molecule has 0 spiro atoms. The summed E-state index contributed by atoms with van der Waals surface area (Å²) < 4.78 is 0. The molecular formula is C25H33N3O3. The third-order valence-corrected chi connectivity index (χ3v) is 6.45. The molecule has 0 atom stereocenters. The summed E-state index contributed by atoms with van der Waals surface area (Å²) in [6.07, 6.45) is 1.30. The van der Waals surface area contributed by atoms with Crippen LogP contribution in [0.4, 0.5) is 5.69 Å². The van der Waals surface area contributed by atoms with Gasteiger partial charge in [-0.15, -0.1) is 0 Å². The summed E-state index contributed by atoms with van der Waals surface area (Å²) in [5, 5.41) is 4.86. The number of amides is 2. The van der Waals surface area contributed by atoms with Gasteiger partial charge >= 0.3 is 0 Å². The van der Waals surface area contributed by atoms with E-state index >= 15 is 0 Å². The van der Waals surface area contributed by atoms with Gasteiger partial charge in [-0.1, -0.05) is 35.9 Å². The largest absolute Gasteiger partial charge is 0.331 e. The van der Waals surface area contributed by atoms with Crippen molar-refractivity contribution in [1.29, 1.82) is 0 Å². The molecule has 0 unspecified atom stereocenters. The number of carbonyl (C=O) groups excluding carboxylic acids is 2. The fourth-order valence-electron chi connectivity index (χ4n) is 4.52. The van der Waals surface area contributed by atoms with Crippen LogP contribution in [0.5, 0.6) is 0 Å². The third-order valence-electron chi connectivity index (χ3n) is 6.45. The van der Waals surface area contributed by atoms with Crippen molar-refractivity contribution in [3.8, 4) is 0 Å². The predicted molar refractivity (Wildman–Crippen MR) is 123 cm³/mol. The molecule has 1 N–H and O–H groups in total. The van der Waals surface area contributed by atoms with Crippen LogP contribution in [0, 0.1) is 20.8 Å². The van der Waals surface area contributed by atoms with Gasteiger partial charge < -0.3 is 15.1 Å². The Balaban J connectivity index is 1.86. The first-order valence-corrected chi connectivity index (χ1v) is 10.8. The molecule has 0 radical (unpaired) electrons. The Morgan fingerprint density at radius 1 is 1.06 bits per heavy atom. The minimum Gasteiger partial charge on any atom is -0.331 e. The van der Waals surface area contributed by atoms with Crippen molar-refractivity contribution in [2.45, 2.75) is 45.6 Å². The molecule has 2 aromatic rings. The van der Waals surface area contributed by atoms with Gasteiger partial charge in [0.15, 0.2) is 0 Å². The number of hydrogen-bond acceptors (Lipinski definition) is 4. The summed E-state index contributed by atoms with van der Waals surface area (Å²) >= 11 is 0. The highest BCUT2D eigenvalue weighted by molar-refractivity contribution is 6.00. The van der Waals surface area contributed by atoms with E-state index in [0.717, 1.165) is 22.4 Å². The maximum atomic E-state index is 13.5. The summed E-state index contributed by atoms with van der Waals surface area (Å²) in [4.78, 5) is 33.9. The van der Waals surface area contributed by atoms with Crippen LogP contribution in [-0.2, 0) is 20.8 Å². The van der Waals surface area contributed by atoms with Crippen LogP contribution in [0.25, 0.3) is 0 Å². The van der Waals surface area contributed by atoms with Gasteiger partial charge in [-0.3, -0.25) is 9.59 Å². The van der Waals surface area contributed by atoms with E-state index in [9.17, 15) is 9.59 Å². The van der Waals surface area contributed by atoms with Gasteiger partial charge in [-0.2, -0.15) is 5.06 Å². The van der Waals surface area contributed by atoms with Crippen LogP contribution >= 0.6 is 0 Å². The van der Waals surface area contributed by atoms with Crippen molar-refractivity contribution < 1.29 is 14.4 Å². The summed E-state index contributed by atoms with van der Waals surface area (Å²) in [6.45, 7) is 7.30. The van der Waals surface area contributed by atoms with Crippen molar-refractivity contribution in [2.24, 2.45) is 0 Å². The first-order valence-electron chi connectivity index (χ1n) is 10.8. The Hall–Kier alpha value is -2.70. The minimum absolute atomic E-state index is 0.0517. The second-order valence-corrected chi connectivity index (χ2v) is 8.47. The van der Waals surface area contributed by atoms with Crippen LogP contribution in [0.3, 0.4) is 0 Å². The van der Waals surface area contributed by atoms with Crippen LogP contribution in [0.2, 0.25) is 0 Å². The van der Waals surface area contributed by atoms with E-state index in [-0.39, 0.29) is 18.2 Å². The fourth-order valence-corrected chi connectivity index (χ4v) is 4.52. The standard InChI is InChI=1S/C25H33N3O3/c1-18-15-19(2)22(20(3)16-18)17-23(29)27(4)25(11-13-28(31-5)14-12-25)24(30)26-21-9-7-6-8-10-21/h6-10,15-16H,11-14,17H2,1-5H3,(H,26,30). The molecule has 31 heavy (non-hydrogen) atoms. The van der Waals surface area contributed by atoms with Crippen LogP contribution in [0.15, 0.2) is 42.5 Å². The Bertz CT molecular complexity index is 911. The molecule has 1 aliphatic rings. The highest BCUT2D eigenvalue weighted by Gasteiger charge is 2.47. The number of piperidine rings is 1. The monoisotopic (exact) mass is 423 g/mol. The number of hydrogen-bond donors (Lipinski definition) is 1. The van der Waals surface area contributed by atoms with E-state index in [2.05, 4.69) is 24.4 Å². The first kappa shape index (κ1) is 23.0. The smallest absolute Gasteiger partial charge is 0.250 e. The Morgan fingerprint density at radius 3 is 2.19 bits per heavy atom. The molecule has 1 aliphatic heterocycles. The molecule has 6 nitrogen and oxygen atoms in total. The van der Waals surface area contributed by atoms with Crippen LogP contribution < -0.4 is 5.32 Å². The van der Waals surface area contributed by atoms with Gasteiger partial charge in [0.1, 0.15) is 5.54 Å². The highest BCUT2D eigenvalue weighted by Crippen LogP contribution is 2.31. The number of nitrogens with zero attached hydrogens (tertiary/aromatic N) is 2. The molecule has 166 valence electrons. The lowest BCUT2D eigenvalue weighted by Crippen LogP contribution is -2.62. The maximum absolute atomic E-state index is 13.5. The van der Waals surface area contributed by atoms with Gasteiger partial charge in [0, 0.05) is 25.8 Å². The van der Waals surface area contributed by atoms with Gasteiger partial charge in [0.2, 0.25) is 11.8 Å². The number of nitrogens with one attached hydrogen (secondary N) is 1. The van der Waals surface area contributed by atoms with E-state index in [1.165, 1.54) is 5.56 Å². The molecule has 6 heteroatoms. The Kier molecular flexibility index (Phi) is 7.13. The number of anilines is 1. The summed E-state index contributed by atoms with van der Waals surface area (Å²) in [7, 11) is 3.39. The van der Waals surface area contributed by atoms with Crippen LogP contribution in [0.1, 0.15) is 35.1 Å². The second kappa shape index (κ2) is 9.62. The van der Waals surface area contributed by atoms with Gasteiger partial charge in [-0.25, -0.2) is 0 Å². The van der Waals surface area contributed by atoms with Gasteiger partial charge in [0.05, 0.1) is 13.5 Å². The average Bonchev–Trinajstić information content (AvgIpc) is 2.76. The number of rotatable bonds is 6. The number of likely N-dealkylation sites (N-methyl/N-ethyl adjacent to an activating group) is 1. The van der Waals surface area contributed by atoms with Crippen molar-refractivity contribution in [2.75, 3.05) is 32.6 Å². The quantitative estimate of drug-likeness (QED) is 0.771. The number of benzene rings is 2. The molecule has 1 fully saturated rings. The number of para-hydroxylation sites is 1. The third kappa shape index (κ3) is 4.97. The summed E-state index contributed by atoms with van der Waals surface area (Å²) in [5.74, 6) is -0.202. The molecule has 2 amide bonds. The lowest BCUT2D eigenvalue weighted by molar-refractivity contribution is -0.171. The van der Waals surface area contributed by atoms with E-state index in [4.69, 9.17) is 4.84 Å². The van der Waals surface area contributed by atoms with E-state index < -0.39 is 5.54 Å². The lowest BCUT2D eigenvalue weighted by Gasteiger charge is -2.45. The van der Waals surface area contributed by atoms with Gasteiger partial charge in [-0.05, 0) is 62.4 Å². The zero-order valence-corrected chi connectivity index (χ0v) is 19.2. The lowest BCUT2D eigenvalue weighted by atomic mass is 9.84. The normalized spacial score (nSPS) is 16.0. The first-order chi connectivity index (χ1) is 14.8. The van der Waals surface area contributed by atoms with Gasteiger partial charge in [0.25, 0.3) is 0 Å². The van der Waals surface area contributed by atoms with E-state index in [0.29, 0.717) is 25.9 Å². The van der Waals surface area contributed by atoms with E-state index in [1.54, 1.807) is 19.1 Å². The second-order valence-electron chi connectivity index (χ2n) is 8.47. The molecular weight excluding hydrogens is 390 g/mol. The molecule has 0 saturated carbocycles. The average molecular weight is 424 g/mol. The highest BCUT2D eigenvalue weighted by atomic mass is 16.7. The van der Waals surface area contributed by atoms with E-state index in [1.807, 2.05) is 49.2 Å².